The maximum Gasteiger partial charge on any atom is 0.408 e. The van der Waals surface area contributed by atoms with Crippen molar-refractivity contribution in [3.8, 4) is 0 Å². The van der Waals surface area contributed by atoms with E-state index in [1.54, 1.807) is 0 Å². The normalized spacial score (nSPS) is 12.2. The summed E-state index contributed by atoms with van der Waals surface area (Å²) in [6.45, 7) is 2.05. The minimum Gasteiger partial charge on any atom is -0.467 e. The highest BCUT2D eigenvalue weighted by Crippen LogP contribution is 2.10. The fourth-order valence-electron chi connectivity index (χ4n) is 3.53. The number of hydrogen-bond donors (Lipinski definition) is 2. The molecule has 2 N–H and O–H groups in total. The molecule has 2 atom stereocenters. The molecule has 0 bridgehead atoms. The smallest absolute Gasteiger partial charge is 0.408 e. The van der Waals surface area contributed by atoms with Gasteiger partial charge in [-0.2, -0.15) is 0 Å². The Bertz CT molecular complexity index is 1100. The molecule has 0 aliphatic heterocycles. The van der Waals surface area contributed by atoms with E-state index < -0.39 is 30.1 Å². The average molecular weight is 475 g/mol. The Balaban J connectivity index is 1.71. The molecule has 0 radical (unpaired) electrons. The molecule has 7 heteroatoms. The largest absolute Gasteiger partial charge is 0.467 e. The van der Waals surface area contributed by atoms with Crippen LogP contribution in [-0.4, -0.2) is 37.2 Å². The molecular formula is C28H30N2O5. The number of amides is 2. The van der Waals surface area contributed by atoms with E-state index in [0.29, 0.717) is 0 Å². The van der Waals surface area contributed by atoms with Crippen LogP contribution in [0, 0.1) is 6.92 Å². The minimum absolute atomic E-state index is 0.0740. The van der Waals surface area contributed by atoms with Crippen molar-refractivity contribution in [3.63, 3.8) is 0 Å². The third-order valence-electron chi connectivity index (χ3n) is 5.47. The first-order valence-corrected chi connectivity index (χ1v) is 11.4. The summed E-state index contributed by atoms with van der Waals surface area (Å²) in [4.78, 5) is 38.2. The quantitative estimate of drug-likeness (QED) is 0.437. The highest BCUT2D eigenvalue weighted by atomic mass is 16.5. The van der Waals surface area contributed by atoms with Crippen LogP contribution in [0.15, 0.2) is 84.9 Å². The molecule has 182 valence electrons. The number of rotatable bonds is 10. The van der Waals surface area contributed by atoms with E-state index >= 15 is 0 Å². The first-order chi connectivity index (χ1) is 16.9. The van der Waals surface area contributed by atoms with Crippen molar-refractivity contribution in [2.24, 2.45) is 0 Å². The van der Waals surface area contributed by atoms with E-state index in [4.69, 9.17) is 9.47 Å². The number of methoxy groups -OCH3 is 1. The summed E-state index contributed by atoms with van der Waals surface area (Å²) in [5.41, 5.74) is 3.65. The van der Waals surface area contributed by atoms with E-state index in [2.05, 4.69) is 10.6 Å². The van der Waals surface area contributed by atoms with Gasteiger partial charge in [-0.05, 0) is 23.6 Å². The number of nitrogens with one attached hydrogen (secondary N) is 2. The van der Waals surface area contributed by atoms with Crippen LogP contribution in [-0.2, 0) is 38.5 Å². The fourth-order valence-corrected chi connectivity index (χ4v) is 3.53. The number of carbonyl (C=O) groups is 3. The van der Waals surface area contributed by atoms with Crippen molar-refractivity contribution < 1.29 is 23.9 Å². The minimum atomic E-state index is -0.953. The lowest BCUT2D eigenvalue weighted by molar-refractivity contribution is -0.145. The van der Waals surface area contributed by atoms with E-state index in [0.717, 1.165) is 22.3 Å². The number of esters is 1. The average Bonchev–Trinajstić information content (AvgIpc) is 2.88. The molecule has 3 aromatic rings. The highest BCUT2D eigenvalue weighted by Gasteiger charge is 2.28. The number of carbonyl (C=O) groups excluding carboxylic acids is 3. The van der Waals surface area contributed by atoms with Gasteiger partial charge in [-0.1, -0.05) is 90.5 Å². The Morgan fingerprint density at radius 3 is 1.86 bits per heavy atom. The molecule has 3 aromatic carbocycles. The van der Waals surface area contributed by atoms with Gasteiger partial charge in [-0.25, -0.2) is 9.59 Å². The summed E-state index contributed by atoms with van der Waals surface area (Å²) < 4.78 is 10.2. The van der Waals surface area contributed by atoms with Gasteiger partial charge in [-0.3, -0.25) is 4.79 Å². The molecule has 0 aliphatic rings. The number of aryl methyl sites for hydroxylation is 1. The summed E-state index contributed by atoms with van der Waals surface area (Å²) in [6, 6.07) is 24.4. The molecule has 0 spiro atoms. The second kappa shape index (κ2) is 12.9. The third kappa shape index (κ3) is 8.30. The van der Waals surface area contributed by atoms with Crippen LogP contribution in [0.5, 0.6) is 0 Å². The van der Waals surface area contributed by atoms with Gasteiger partial charge in [0.15, 0.2) is 0 Å². The summed E-state index contributed by atoms with van der Waals surface area (Å²) >= 11 is 0. The molecule has 0 heterocycles. The van der Waals surface area contributed by atoms with Crippen molar-refractivity contribution in [1.29, 1.82) is 0 Å². The summed E-state index contributed by atoms with van der Waals surface area (Å²) in [5.74, 6) is -1.07. The van der Waals surface area contributed by atoms with E-state index in [9.17, 15) is 14.4 Å². The number of hydrogen-bond acceptors (Lipinski definition) is 5. The Labute approximate surface area is 205 Å². The van der Waals surface area contributed by atoms with Crippen molar-refractivity contribution in [2.75, 3.05) is 7.11 Å². The first-order valence-electron chi connectivity index (χ1n) is 11.4. The topological polar surface area (TPSA) is 93.7 Å². The van der Waals surface area contributed by atoms with Gasteiger partial charge in [0.25, 0.3) is 0 Å². The Morgan fingerprint density at radius 2 is 1.26 bits per heavy atom. The molecule has 0 aliphatic carbocycles. The number of ether oxygens (including phenoxy) is 2. The highest BCUT2D eigenvalue weighted by molar-refractivity contribution is 5.90. The molecule has 0 saturated carbocycles. The number of alkyl carbamates (subject to hydrolysis) is 1. The molecule has 0 saturated heterocycles. The van der Waals surface area contributed by atoms with E-state index in [1.165, 1.54) is 7.11 Å². The van der Waals surface area contributed by atoms with Crippen LogP contribution in [0.2, 0.25) is 0 Å². The zero-order chi connectivity index (χ0) is 25.0. The van der Waals surface area contributed by atoms with E-state index in [-0.39, 0.29) is 19.4 Å². The van der Waals surface area contributed by atoms with Gasteiger partial charge < -0.3 is 20.1 Å². The Kier molecular flexibility index (Phi) is 9.42. The summed E-state index contributed by atoms with van der Waals surface area (Å²) in [5, 5.41) is 5.39. The Hall–Kier alpha value is -4.13. The molecule has 0 unspecified atom stereocenters. The molecular weight excluding hydrogens is 444 g/mol. The lowest BCUT2D eigenvalue weighted by Crippen LogP contribution is -2.53. The second-order valence-electron chi connectivity index (χ2n) is 8.22. The van der Waals surface area contributed by atoms with Crippen LogP contribution in [0.1, 0.15) is 22.3 Å². The lowest BCUT2D eigenvalue weighted by atomic mass is 10.0. The van der Waals surface area contributed by atoms with Crippen LogP contribution < -0.4 is 10.6 Å². The maximum absolute atomic E-state index is 13.2. The molecule has 35 heavy (non-hydrogen) atoms. The lowest BCUT2D eigenvalue weighted by Gasteiger charge is -2.22. The maximum atomic E-state index is 13.2. The van der Waals surface area contributed by atoms with Gasteiger partial charge in [0.05, 0.1) is 7.11 Å². The summed E-state index contributed by atoms with van der Waals surface area (Å²) in [7, 11) is 1.28. The van der Waals surface area contributed by atoms with Crippen LogP contribution in [0.3, 0.4) is 0 Å². The SMILES string of the molecule is COC(=O)[C@@H](Cc1ccc(C)cc1)NC(=O)[C@H](Cc1ccccc1)NC(=O)OCc1ccccc1. The molecule has 3 rings (SSSR count). The zero-order valence-corrected chi connectivity index (χ0v) is 19.9. The fraction of sp³-hybridized carbons (Fsp3) is 0.250. The third-order valence-corrected chi connectivity index (χ3v) is 5.47. The number of benzene rings is 3. The van der Waals surface area contributed by atoms with Crippen LogP contribution in [0.4, 0.5) is 4.79 Å². The first kappa shape index (κ1) is 25.5. The van der Waals surface area contributed by atoms with Crippen LogP contribution in [0.25, 0.3) is 0 Å². The molecule has 7 nitrogen and oxygen atoms in total. The van der Waals surface area contributed by atoms with Gasteiger partial charge in [-0.15, -0.1) is 0 Å². The van der Waals surface area contributed by atoms with Crippen molar-refractivity contribution >= 4 is 18.0 Å². The standard InChI is InChI=1S/C28H30N2O5/c1-20-13-15-22(16-14-20)18-25(27(32)34-2)29-26(31)24(17-21-9-5-3-6-10-21)30-28(33)35-19-23-11-7-4-8-12-23/h3-16,24-25H,17-19H2,1-2H3,(H,29,31)(H,30,33)/t24-,25+/m0/s1. The predicted octanol–water partition coefficient (Wildman–Crippen LogP) is 3.73. The van der Waals surface area contributed by atoms with Crippen LogP contribution >= 0.6 is 0 Å². The van der Waals surface area contributed by atoms with Gasteiger partial charge in [0.2, 0.25) is 5.91 Å². The second-order valence-corrected chi connectivity index (χ2v) is 8.22. The summed E-state index contributed by atoms with van der Waals surface area (Å²) in [6.07, 6.45) is -0.237. The van der Waals surface area contributed by atoms with Crippen molar-refractivity contribution in [1.82, 2.24) is 10.6 Å². The van der Waals surface area contributed by atoms with Crippen molar-refractivity contribution in [2.45, 2.75) is 38.5 Å². The van der Waals surface area contributed by atoms with E-state index in [1.807, 2.05) is 91.9 Å². The zero-order valence-electron chi connectivity index (χ0n) is 19.9. The van der Waals surface area contributed by atoms with Crippen molar-refractivity contribution in [3.05, 3.63) is 107 Å². The van der Waals surface area contributed by atoms with Gasteiger partial charge >= 0.3 is 12.1 Å². The predicted molar refractivity (Wildman–Crippen MR) is 133 cm³/mol. The monoisotopic (exact) mass is 474 g/mol. The molecule has 0 fully saturated rings. The van der Waals surface area contributed by atoms with Gasteiger partial charge in [0, 0.05) is 12.8 Å². The molecule has 2 amide bonds. The van der Waals surface area contributed by atoms with Gasteiger partial charge in [0.1, 0.15) is 18.7 Å². The molecule has 0 aromatic heterocycles. The Morgan fingerprint density at radius 1 is 0.714 bits per heavy atom.